The van der Waals surface area contributed by atoms with Crippen LogP contribution in [-0.2, 0) is 7.05 Å². The average molecular weight is 245 g/mol. The predicted octanol–water partition coefficient (Wildman–Crippen LogP) is 1.98. The van der Waals surface area contributed by atoms with Gasteiger partial charge in [-0.25, -0.2) is 0 Å². The molecule has 2 aromatic rings. The number of carbonyl (C=O) groups excluding carboxylic acids is 1. The Bertz CT molecular complexity index is 698. The summed E-state index contributed by atoms with van der Waals surface area (Å²) in [5.41, 5.74) is 2.43. The zero-order valence-corrected chi connectivity index (χ0v) is 10.9. The van der Waals surface area contributed by atoms with Crippen molar-refractivity contribution in [2.75, 3.05) is 7.11 Å². The lowest BCUT2D eigenvalue weighted by molar-refractivity contribution is 0.112. The van der Waals surface area contributed by atoms with Crippen LogP contribution in [0, 0.1) is 13.8 Å². The molecule has 4 heteroatoms. The summed E-state index contributed by atoms with van der Waals surface area (Å²) in [6.07, 6.45) is 0.617. The zero-order chi connectivity index (χ0) is 13.4. The van der Waals surface area contributed by atoms with Crippen LogP contribution in [0.4, 0.5) is 0 Å². The second-order valence-corrected chi connectivity index (χ2v) is 4.36. The summed E-state index contributed by atoms with van der Waals surface area (Å²) in [7, 11) is 3.27. The van der Waals surface area contributed by atoms with Gasteiger partial charge in [0.2, 0.25) is 0 Å². The van der Waals surface area contributed by atoms with Crippen LogP contribution < -0.4 is 10.3 Å². The van der Waals surface area contributed by atoms with E-state index in [1.165, 1.54) is 4.57 Å². The second kappa shape index (κ2) is 4.29. The van der Waals surface area contributed by atoms with E-state index in [1.54, 1.807) is 21.1 Å². The topological polar surface area (TPSA) is 48.3 Å². The normalized spacial score (nSPS) is 10.7. The Kier molecular flexibility index (Phi) is 2.95. The molecule has 94 valence electrons. The van der Waals surface area contributed by atoms with Gasteiger partial charge in [-0.15, -0.1) is 0 Å². The lowest BCUT2D eigenvalue weighted by atomic mass is 10.0. The van der Waals surface area contributed by atoms with Crippen LogP contribution in [-0.4, -0.2) is 18.0 Å². The fourth-order valence-electron chi connectivity index (χ4n) is 2.32. The van der Waals surface area contributed by atoms with Crippen molar-refractivity contribution in [3.05, 3.63) is 39.2 Å². The number of ether oxygens (including phenoxy) is 1. The van der Waals surface area contributed by atoms with Crippen molar-refractivity contribution in [2.24, 2.45) is 7.05 Å². The van der Waals surface area contributed by atoms with Crippen molar-refractivity contribution in [1.29, 1.82) is 0 Å². The van der Waals surface area contributed by atoms with E-state index in [9.17, 15) is 9.59 Å². The average Bonchev–Trinajstić information content (AvgIpc) is 2.36. The Morgan fingerprint density at radius 2 is 1.94 bits per heavy atom. The number of aromatic nitrogens is 1. The Balaban J connectivity index is 3.07. The Labute approximate surface area is 105 Å². The number of hydrogen-bond acceptors (Lipinski definition) is 3. The van der Waals surface area contributed by atoms with E-state index in [-0.39, 0.29) is 11.1 Å². The van der Waals surface area contributed by atoms with Gasteiger partial charge in [0.05, 0.1) is 18.2 Å². The van der Waals surface area contributed by atoms with Gasteiger partial charge in [-0.05, 0) is 37.1 Å². The van der Waals surface area contributed by atoms with E-state index in [1.807, 2.05) is 19.1 Å². The smallest absolute Gasteiger partial charge is 0.261 e. The molecule has 0 radical (unpaired) electrons. The number of fused-ring (bicyclic) bond motifs is 1. The summed E-state index contributed by atoms with van der Waals surface area (Å²) >= 11 is 0. The monoisotopic (exact) mass is 245 g/mol. The van der Waals surface area contributed by atoms with Gasteiger partial charge < -0.3 is 9.30 Å². The number of aldehydes is 1. The molecule has 0 aliphatic carbocycles. The van der Waals surface area contributed by atoms with Gasteiger partial charge in [0.25, 0.3) is 5.56 Å². The molecule has 18 heavy (non-hydrogen) atoms. The van der Waals surface area contributed by atoms with Crippen molar-refractivity contribution < 1.29 is 9.53 Å². The lowest BCUT2D eigenvalue weighted by Gasteiger charge is -2.13. The minimum atomic E-state index is -0.261. The number of aryl methyl sites for hydroxylation is 3. The molecule has 0 unspecified atom stereocenters. The van der Waals surface area contributed by atoms with Gasteiger partial charge >= 0.3 is 0 Å². The van der Waals surface area contributed by atoms with E-state index in [0.29, 0.717) is 11.8 Å². The standard InChI is InChI=1S/C14H15NO3/c1-8-5-10(18-4)6-11-9(2)12(7-16)14(17)15(3)13(8)11/h5-7H,1-4H3. The second-order valence-electron chi connectivity index (χ2n) is 4.36. The van der Waals surface area contributed by atoms with Gasteiger partial charge in [0.1, 0.15) is 5.75 Å². The van der Waals surface area contributed by atoms with Crippen molar-refractivity contribution in [3.63, 3.8) is 0 Å². The number of benzene rings is 1. The quantitative estimate of drug-likeness (QED) is 0.760. The molecule has 0 bridgehead atoms. The van der Waals surface area contributed by atoms with E-state index in [4.69, 9.17) is 4.74 Å². The molecule has 0 N–H and O–H groups in total. The Morgan fingerprint density at radius 3 is 2.50 bits per heavy atom. The van der Waals surface area contributed by atoms with Gasteiger partial charge in [0.15, 0.2) is 6.29 Å². The van der Waals surface area contributed by atoms with E-state index >= 15 is 0 Å². The first-order chi connectivity index (χ1) is 8.51. The van der Waals surface area contributed by atoms with Gasteiger partial charge in [0, 0.05) is 12.4 Å². The van der Waals surface area contributed by atoms with E-state index < -0.39 is 0 Å². The molecule has 2 rings (SSSR count). The van der Waals surface area contributed by atoms with Crippen LogP contribution in [0.25, 0.3) is 10.9 Å². The number of methoxy groups -OCH3 is 1. The molecule has 4 nitrogen and oxygen atoms in total. The Hall–Kier alpha value is -2.10. The summed E-state index contributed by atoms with van der Waals surface area (Å²) < 4.78 is 6.74. The summed E-state index contributed by atoms with van der Waals surface area (Å²) in [5.74, 6) is 0.721. The molecule has 0 spiro atoms. The molecule has 0 atom stereocenters. The number of pyridine rings is 1. The van der Waals surface area contributed by atoms with Crippen molar-refractivity contribution in [1.82, 2.24) is 4.57 Å². The van der Waals surface area contributed by atoms with Crippen LogP contribution in [0.5, 0.6) is 5.75 Å². The molecule has 1 heterocycles. The van der Waals surface area contributed by atoms with Crippen LogP contribution in [0.15, 0.2) is 16.9 Å². The molecule has 0 amide bonds. The highest BCUT2D eigenvalue weighted by molar-refractivity contribution is 5.92. The highest BCUT2D eigenvalue weighted by Crippen LogP contribution is 2.26. The van der Waals surface area contributed by atoms with E-state index in [0.717, 1.165) is 22.2 Å². The highest BCUT2D eigenvalue weighted by Gasteiger charge is 2.14. The molecule has 0 aliphatic rings. The van der Waals surface area contributed by atoms with Gasteiger partial charge in [-0.3, -0.25) is 9.59 Å². The van der Waals surface area contributed by atoms with E-state index in [2.05, 4.69) is 0 Å². The van der Waals surface area contributed by atoms with Crippen LogP contribution in [0.2, 0.25) is 0 Å². The largest absolute Gasteiger partial charge is 0.497 e. The van der Waals surface area contributed by atoms with Crippen LogP contribution >= 0.6 is 0 Å². The lowest BCUT2D eigenvalue weighted by Crippen LogP contribution is -2.23. The zero-order valence-electron chi connectivity index (χ0n) is 10.9. The summed E-state index contributed by atoms with van der Waals surface area (Å²) in [4.78, 5) is 23.1. The molecule has 0 aliphatic heterocycles. The first-order valence-corrected chi connectivity index (χ1v) is 5.64. The minimum Gasteiger partial charge on any atom is -0.497 e. The van der Waals surface area contributed by atoms with Gasteiger partial charge in [-0.1, -0.05) is 0 Å². The fourth-order valence-corrected chi connectivity index (χ4v) is 2.32. The molecular formula is C14H15NO3. The highest BCUT2D eigenvalue weighted by atomic mass is 16.5. The molecule has 1 aromatic heterocycles. The molecule has 1 aromatic carbocycles. The number of rotatable bonds is 2. The maximum Gasteiger partial charge on any atom is 0.261 e. The fraction of sp³-hybridized carbons (Fsp3) is 0.286. The van der Waals surface area contributed by atoms with Crippen LogP contribution in [0.1, 0.15) is 21.5 Å². The predicted molar refractivity (Wildman–Crippen MR) is 70.6 cm³/mol. The van der Waals surface area contributed by atoms with Crippen molar-refractivity contribution >= 4 is 17.2 Å². The minimum absolute atomic E-state index is 0.206. The van der Waals surface area contributed by atoms with Crippen molar-refractivity contribution in [2.45, 2.75) is 13.8 Å². The molecule has 0 saturated heterocycles. The number of hydrogen-bond donors (Lipinski definition) is 0. The maximum atomic E-state index is 12.0. The third-order valence-electron chi connectivity index (χ3n) is 3.31. The van der Waals surface area contributed by atoms with Gasteiger partial charge in [-0.2, -0.15) is 0 Å². The summed E-state index contributed by atoms with van der Waals surface area (Å²) in [6, 6.07) is 3.73. The molecule has 0 saturated carbocycles. The Morgan fingerprint density at radius 1 is 1.28 bits per heavy atom. The van der Waals surface area contributed by atoms with Crippen LogP contribution in [0.3, 0.4) is 0 Å². The third kappa shape index (κ3) is 1.61. The first-order valence-electron chi connectivity index (χ1n) is 5.64. The molecule has 0 fully saturated rings. The number of nitrogens with zero attached hydrogens (tertiary/aromatic N) is 1. The van der Waals surface area contributed by atoms with Crippen molar-refractivity contribution in [3.8, 4) is 5.75 Å². The number of carbonyl (C=O) groups is 1. The third-order valence-corrected chi connectivity index (χ3v) is 3.31. The summed E-state index contributed by atoms with van der Waals surface area (Å²) in [5, 5.41) is 0.871. The molecular weight excluding hydrogens is 230 g/mol. The maximum absolute atomic E-state index is 12.0. The first kappa shape index (κ1) is 12.4. The summed E-state index contributed by atoms with van der Waals surface area (Å²) in [6.45, 7) is 3.71. The SMILES string of the molecule is COc1cc(C)c2c(c1)c(C)c(C=O)c(=O)n2C.